The smallest absolute Gasteiger partial charge is 0.276 e. The third kappa shape index (κ3) is 6.21. The first-order chi connectivity index (χ1) is 19.8. The van der Waals surface area contributed by atoms with Gasteiger partial charge in [-0.2, -0.15) is 13.5 Å². The molecular formula is C32H44N4O4SSi. The lowest BCUT2D eigenvalue weighted by molar-refractivity contribution is -0.140. The van der Waals surface area contributed by atoms with Crippen molar-refractivity contribution >= 4 is 41.4 Å². The number of hydrogen-bond acceptors (Lipinski definition) is 5. The number of benzene rings is 2. The van der Waals surface area contributed by atoms with Gasteiger partial charge in [0.15, 0.2) is 8.32 Å². The van der Waals surface area contributed by atoms with Crippen LogP contribution in [-0.2, 0) is 25.7 Å². The standard InChI is InChI=1S/C32H44N4O4SSi/c1-22-11-13-25(14-12-22)41(38,39)35-33-17-15-23(21-40-42(5,6)32(2,3)4)24-19-29-31-27(16-18-36(29)30(37)20-24)26-9-7-8-10-28(26)34-31/h7-14,17,23-24,29,34-35H,15-16,18-21H2,1-6H3/b33-17+/t23-,24+,29-/m0/s1. The predicted octanol–water partition coefficient (Wildman–Crippen LogP) is 6.30. The number of piperidine rings is 1. The number of hydrazone groups is 1. The first-order valence-electron chi connectivity index (χ1n) is 14.9. The molecule has 0 unspecified atom stereocenters. The fourth-order valence-corrected chi connectivity index (χ4v) is 7.80. The van der Waals surface area contributed by atoms with Crippen LogP contribution < -0.4 is 4.83 Å². The van der Waals surface area contributed by atoms with Crippen LogP contribution in [0.4, 0.5) is 0 Å². The molecule has 3 aromatic rings. The van der Waals surface area contributed by atoms with Gasteiger partial charge >= 0.3 is 0 Å². The maximum atomic E-state index is 13.5. The van der Waals surface area contributed by atoms with Crippen molar-refractivity contribution < 1.29 is 17.6 Å². The second kappa shape index (κ2) is 11.6. The van der Waals surface area contributed by atoms with Crippen molar-refractivity contribution in [3.63, 3.8) is 0 Å². The Hall–Kier alpha value is -2.95. The van der Waals surface area contributed by atoms with E-state index in [9.17, 15) is 13.2 Å². The molecule has 2 aromatic carbocycles. The molecule has 2 N–H and O–H groups in total. The zero-order chi connectivity index (χ0) is 30.3. The molecule has 0 saturated carbocycles. The Labute approximate surface area is 251 Å². The third-order valence-electron chi connectivity index (χ3n) is 9.58. The molecule has 3 heterocycles. The Bertz CT molecular complexity index is 1570. The lowest BCUT2D eigenvalue weighted by Crippen LogP contribution is -2.48. The summed E-state index contributed by atoms with van der Waals surface area (Å²) in [7, 11) is -5.81. The minimum Gasteiger partial charge on any atom is -0.417 e. The zero-order valence-electron chi connectivity index (χ0n) is 25.6. The number of carbonyl (C=O) groups is 1. The number of carbonyl (C=O) groups excluding carboxylic acids is 1. The van der Waals surface area contributed by atoms with Gasteiger partial charge in [0.2, 0.25) is 5.91 Å². The molecule has 226 valence electrons. The van der Waals surface area contributed by atoms with Crippen LogP contribution in [0.25, 0.3) is 10.9 Å². The second-order valence-corrected chi connectivity index (χ2v) is 19.9. The molecule has 2 aliphatic heterocycles. The molecule has 42 heavy (non-hydrogen) atoms. The van der Waals surface area contributed by atoms with Gasteiger partial charge in [-0.15, -0.1) is 0 Å². The summed E-state index contributed by atoms with van der Waals surface area (Å²) < 4.78 is 32.2. The van der Waals surface area contributed by atoms with Gasteiger partial charge in [-0.25, -0.2) is 4.83 Å². The van der Waals surface area contributed by atoms with E-state index in [0.717, 1.165) is 36.2 Å². The Morgan fingerprint density at radius 3 is 2.60 bits per heavy atom. The maximum Gasteiger partial charge on any atom is 0.276 e. The van der Waals surface area contributed by atoms with Crippen molar-refractivity contribution in [2.24, 2.45) is 16.9 Å². The Kier molecular flexibility index (Phi) is 8.44. The van der Waals surface area contributed by atoms with E-state index in [4.69, 9.17) is 4.43 Å². The number of H-pyrrole nitrogens is 1. The first-order valence-corrected chi connectivity index (χ1v) is 19.3. The average Bonchev–Trinajstić information content (AvgIpc) is 3.31. The second-order valence-electron chi connectivity index (χ2n) is 13.4. The summed E-state index contributed by atoms with van der Waals surface area (Å²) in [5.41, 5.74) is 4.58. The van der Waals surface area contributed by atoms with Gasteiger partial charge in [-0.05, 0) is 79.9 Å². The molecule has 1 amide bonds. The van der Waals surface area contributed by atoms with E-state index < -0.39 is 18.3 Å². The Balaban J connectivity index is 1.37. The number of rotatable bonds is 9. The lowest BCUT2D eigenvalue weighted by atomic mass is 9.77. The zero-order valence-corrected chi connectivity index (χ0v) is 27.4. The number of fused-ring (bicyclic) bond motifs is 5. The summed E-state index contributed by atoms with van der Waals surface area (Å²) in [4.78, 5) is 21.7. The summed E-state index contributed by atoms with van der Waals surface area (Å²) in [5, 5.41) is 5.42. The number of nitrogens with zero attached hydrogens (tertiary/aromatic N) is 2. The van der Waals surface area contributed by atoms with Crippen molar-refractivity contribution in [2.75, 3.05) is 13.2 Å². The number of aromatic nitrogens is 1. The molecule has 3 atom stereocenters. The molecule has 8 nitrogen and oxygen atoms in total. The van der Waals surface area contributed by atoms with Crippen LogP contribution in [-0.4, -0.2) is 51.9 Å². The molecule has 2 aliphatic rings. The topological polar surface area (TPSA) is 104 Å². The molecule has 10 heteroatoms. The van der Waals surface area contributed by atoms with Gasteiger partial charge in [0.25, 0.3) is 10.0 Å². The summed E-state index contributed by atoms with van der Waals surface area (Å²) >= 11 is 0. The highest BCUT2D eigenvalue weighted by molar-refractivity contribution is 7.89. The van der Waals surface area contributed by atoms with Gasteiger partial charge in [0, 0.05) is 42.4 Å². The summed E-state index contributed by atoms with van der Waals surface area (Å²) in [6, 6.07) is 15.0. The van der Waals surface area contributed by atoms with Gasteiger partial charge < -0.3 is 14.3 Å². The van der Waals surface area contributed by atoms with Crippen LogP contribution in [0.5, 0.6) is 0 Å². The third-order valence-corrected chi connectivity index (χ3v) is 15.3. The molecule has 0 spiro atoms. The van der Waals surface area contributed by atoms with E-state index in [0.29, 0.717) is 19.4 Å². The van der Waals surface area contributed by atoms with Crippen LogP contribution in [0, 0.1) is 18.8 Å². The highest BCUT2D eigenvalue weighted by atomic mass is 32.2. The maximum absolute atomic E-state index is 13.5. The first kappa shape index (κ1) is 30.5. The van der Waals surface area contributed by atoms with Gasteiger partial charge in [-0.3, -0.25) is 4.79 Å². The SMILES string of the molecule is Cc1ccc(S(=O)(=O)N/N=C/C[C@@H](CO[Si](C)(C)C(C)(C)C)[C@H]2CC(=O)N3CCc4c([nH]c5ccccc45)[C@@H]3C2)cc1. The van der Waals surface area contributed by atoms with Crippen LogP contribution in [0.2, 0.25) is 18.1 Å². The molecule has 0 radical (unpaired) electrons. The van der Waals surface area contributed by atoms with E-state index in [-0.39, 0.29) is 33.7 Å². The molecule has 5 rings (SSSR count). The normalized spacial score (nSPS) is 20.5. The molecule has 1 fully saturated rings. The Morgan fingerprint density at radius 2 is 1.88 bits per heavy atom. The fourth-order valence-electron chi connectivity index (χ4n) is 5.93. The summed E-state index contributed by atoms with van der Waals surface area (Å²) in [6.45, 7) is 14.3. The Morgan fingerprint density at radius 1 is 1.17 bits per heavy atom. The number of amides is 1. The molecule has 1 aromatic heterocycles. The van der Waals surface area contributed by atoms with Gasteiger partial charge in [-0.1, -0.05) is 56.7 Å². The monoisotopic (exact) mass is 608 g/mol. The molecular weight excluding hydrogens is 565 g/mol. The van der Waals surface area contributed by atoms with Crippen molar-refractivity contribution in [1.29, 1.82) is 0 Å². The lowest BCUT2D eigenvalue weighted by Gasteiger charge is -2.45. The van der Waals surface area contributed by atoms with Crippen molar-refractivity contribution in [3.05, 3.63) is 65.4 Å². The number of sulfonamides is 1. The van der Waals surface area contributed by atoms with E-state index in [2.05, 4.69) is 67.0 Å². The largest absolute Gasteiger partial charge is 0.417 e. The number of aromatic amines is 1. The number of para-hydroxylation sites is 1. The summed E-state index contributed by atoms with van der Waals surface area (Å²) in [5.74, 6) is 0.281. The van der Waals surface area contributed by atoms with E-state index in [1.54, 1.807) is 30.5 Å². The van der Waals surface area contributed by atoms with Crippen molar-refractivity contribution in [2.45, 2.75) is 82.4 Å². The van der Waals surface area contributed by atoms with Crippen LogP contribution in [0.1, 0.15) is 62.9 Å². The average molecular weight is 609 g/mol. The highest BCUT2D eigenvalue weighted by Gasteiger charge is 2.43. The predicted molar refractivity (Wildman–Crippen MR) is 170 cm³/mol. The number of nitrogens with one attached hydrogen (secondary N) is 2. The van der Waals surface area contributed by atoms with Crippen molar-refractivity contribution in [3.8, 4) is 0 Å². The van der Waals surface area contributed by atoms with Crippen molar-refractivity contribution in [1.82, 2.24) is 14.7 Å². The quantitative estimate of drug-likeness (QED) is 0.169. The van der Waals surface area contributed by atoms with Gasteiger partial charge in [0.05, 0.1) is 10.9 Å². The minimum absolute atomic E-state index is 0.000231. The van der Waals surface area contributed by atoms with Crippen LogP contribution >= 0.6 is 0 Å². The van der Waals surface area contributed by atoms with E-state index in [1.165, 1.54) is 10.9 Å². The molecule has 0 bridgehead atoms. The number of aryl methyl sites for hydroxylation is 1. The van der Waals surface area contributed by atoms with E-state index >= 15 is 0 Å². The van der Waals surface area contributed by atoms with Crippen LogP contribution in [0.15, 0.2) is 58.5 Å². The molecule has 1 saturated heterocycles. The molecule has 0 aliphatic carbocycles. The summed E-state index contributed by atoms with van der Waals surface area (Å²) in [6.07, 6.45) is 4.30. The minimum atomic E-state index is -3.76. The van der Waals surface area contributed by atoms with Gasteiger partial charge in [0.1, 0.15) is 0 Å². The number of hydrogen-bond donors (Lipinski definition) is 2. The van der Waals surface area contributed by atoms with E-state index in [1.807, 2.05) is 17.9 Å². The highest BCUT2D eigenvalue weighted by Crippen LogP contribution is 2.45. The van der Waals surface area contributed by atoms with Crippen LogP contribution in [0.3, 0.4) is 0 Å². The fraction of sp³-hybridized carbons (Fsp3) is 0.500.